The Kier molecular flexibility index (Phi) is 5.24. The summed E-state index contributed by atoms with van der Waals surface area (Å²) in [6.45, 7) is 3.97. The SMILES string of the molecule is CCc1cc([N+](=O)[O-])c(OC)cc1N1CCC(N(C)C)CC1. The largest absolute Gasteiger partial charge is 0.490 e. The molecule has 1 fully saturated rings. The average Bonchev–Trinajstić information content (AvgIpc) is 2.53. The molecule has 1 aliphatic rings. The zero-order valence-corrected chi connectivity index (χ0v) is 13.8. The molecular weight excluding hydrogens is 282 g/mol. The number of hydrogen-bond donors (Lipinski definition) is 0. The van der Waals surface area contributed by atoms with Crippen LogP contribution in [0.5, 0.6) is 5.75 Å². The Balaban J connectivity index is 2.29. The van der Waals surface area contributed by atoms with E-state index in [1.807, 2.05) is 13.0 Å². The van der Waals surface area contributed by atoms with Gasteiger partial charge < -0.3 is 14.5 Å². The van der Waals surface area contributed by atoms with Crippen molar-refractivity contribution in [2.75, 3.05) is 39.2 Å². The van der Waals surface area contributed by atoms with Crippen molar-refractivity contribution in [1.29, 1.82) is 0 Å². The quantitative estimate of drug-likeness (QED) is 0.618. The molecule has 0 bridgehead atoms. The van der Waals surface area contributed by atoms with Gasteiger partial charge in [-0.15, -0.1) is 0 Å². The normalized spacial score (nSPS) is 16.1. The fraction of sp³-hybridized carbons (Fsp3) is 0.625. The number of rotatable bonds is 5. The lowest BCUT2D eigenvalue weighted by atomic mass is 10.0. The van der Waals surface area contributed by atoms with Crippen LogP contribution in [0.4, 0.5) is 11.4 Å². The van der Waals surface area contributed by atoms with Gasteiger partial charge in [-0.1, -0.05) is 6.92 Å². The van der Waals surface area contributed by atoms with Gasteiger partial charge in [-0.2, -0.15) is 0 Å². The Morgan fingerprint density at radius 3 is 2.45 bits per heavy atom. The Morgan fingerprint density at radius 2 is 2.00 bits per heavy atom. The topological polar surface area (TPSA) is 58.9 Å². The average molecular weight is 307 g/mol. The van der Waals surface area contributed by atoms with E-state index in [0.29, 0.717) is 11.8 Å². The molecule has 0 saturated carbocycles. The van der Waals surface area contributed by atoms with Crippen molar-refractivity contribution in [1.82, 2.24) is 4.90 Å². The number of nitro benzene ring substituents is 1. The fourth-order valence-corrected chi connectivity index (χ4v) is 3.11. The molecule has 0 aliphatic carbocycles. The second-order valence-electron chi connectivity index (χ2n) is 5.95. The van der Waals surface area contributed by atoms with E-state index in [1.54, 1.807) is 6.07 Å². The van der Waals surface area contributed by atoms with Crippen LogP contribution in [0.15, 0.2) is 12.1 Å². The van der Waals surface area contributed by atoms with Crippen molar-refractivity contribution in [3.63, 3.8) is 0 Å². The molecule has 1 saturated heterocycles. The lowest BCUT2D eigenvalue weighted by Gasteiger charge is -2.37. The monoisotopic (exact) mass is 307 g/mol. The van der Waals surface area contributed by atoms with Crippen LogP contribution < -0.4 is 9.64 Å². The zero-order chi connectivity index (χ0) is 16.3. The highest BCUT2D eigenvalue weighted by Gasteiger charge is 2.25. The molecule has 1 aliphatic heterocycles. The van der Waals surface area contributed by atoms with E-state index in [-0.39, 0.29) is 10.6 Å². The molecule has 0 N–H and O–H groups in total. The Bertz CT molecular complexity index is 538. The molecule has 0 aromatic heterocycles. The molecule has 2 rings (SSSR count). The molecule has 0 atom stereocenters. The van der Waals surface area contributed by atoms with Crippen LogP contribution in [0.25, 0.3) is 0 Å². The highest BCUT2D eigenvalue weighted by atomic mass is 16.6. The predicted molar refractivity (Wildman–Crippen MR) is 87.9 cm³/mol. The first-order chi connectivity index (χ1) is 10.5. The van der Waals surface area contributed by atoms with Gasteiger partial charge in [0.15, 0.2) is 5.75 Å². The van der Waals surface area contributed by atoms with E-state index >= 15 is 0 Å². The summed E-state index contributed by atoms with van der Waals surface area (Å²) in [7, 11) is 5.72. The molecule has 22 heavy (non-hydrogen) atoms. The van der Waals surface area contributed by atoms with E-state index in [2.05, 4.69) is 23.9 Å². The van der Waals surface area contributed by atoms with Crippen LogP contribution in [0.1, 0.15) is 25.3 Å². The summed E-state index contributed by atoms with van der Waals surface area (Å²) >= 11 is 0. The number of methoxy groups -OCH3 is 1. The Morgan fingerprint density at radius 1 is 1.36 bits per heavy atom. The first-order valence-electron chi connectivity index (χ1n) is 7.74. The van der Waals surface area contributed by atoms with E-state index in [1.165, 1.54) is 7.11 Å². The molecule has 1 aromatic rings. The van der Waals surface area contributed by atoms with Crippen LogP contribution in [-0.4, -0.2) is 50.2 Å². The number of piperidine rings is 1. The second-order valence-corrected chi connectivity index (χ2v) is 5.95. The summed E-state index contributed by atoms with van der Waals surface area (Å²) < 4.78 is 5.22. The highest BCUT2D eigenvalue weighted by Crippen LogP contribution is 2.36. The van der Waals surface area contributed by atoms with Crippen molar-refractivity contribution >= 4 is 11.4 Å². The molecule has 0 radical (unpaired) electrons. The minimum atomic E-state index is -0.375. The van der Waals surface area contributed by atoms with Gasteiger partial charge in [-0.3, -0.25) is 10.1 Å². The smallest absolute Gasteiger partial charge is 0.311 e. The van der Waals surface area contributed by atoms with Gasteiger partial charge in [0.2, 0.25) is 0 Å². The molecule has 0 spiro atoms. The third-order valence-corrected chi connectivity index (χ3v) is 4.49. The van der Waals surface area contributed by atoms with Crippen LogP contribution in [0, 0.1) is 10.1 Å². The van der Waals surface area contributed by atoms with Gasteiger partial charge in [-0.05, 0) is 38.9 Å². The first-order valence-corrected chi connectivity index (χ1v) is 7.74. The number of ether oxygens (including phenoxy) is 1. The van der Waals surface area contributed by atoms with Crippen LogP contribution in [0.2, 0.25) is 0 Å². The van der Waals surface area contributed by atoms with Gasteiger partial charge in [-0.25, -0.2) is 0 Å². The summed E-state index contributed by atoms with van der Waals surface area (Å²) in [5, 5.41) is 11.2. The standard InChI is InChI=1S/C16H25N3O3/c1-5-12-10-15(19(20)21)16(22-4)11-14(12)18-8-6-13(7-9-18)17(2)3/h10-11,13H,5-9H2,1-4H3. The Labute approximate surface area is 131 Å². The van der Waals surface area contributed by atoms with Crippen molar-refractivity contribution in [3.8, 4) is 5.75 Å². The summed E-state index contributed by atoms with van der Waals surface area (Å²) in [4.78, 5) is 15.4. The van der Waals surface area contributed by atoms with Gasteiger partial charge in [0, 0.05) is 37.0 Å². The predicted octanol–water partition coefficient (Wildman–Crippen LogP) is 2.70. The van der Waals surface area contributed by atoms with Gasteiger partial charge in [0.25, 0.3) is 0 Å². The van der Waals surface area contributed by atoms with E-state index in [0.717, 1.165) is 43.6 Å². The summed E-state index contributed by atoms with van der Waals surface area (Å²) in [5.74, 6) is 0.340. The lowest BCUT2D eigenvalue weighted by Crippen LogP contribution is -2.42. The Hall–Kier alpha value is -1.82. The maximum absolute atomic E-state index is 11.2. The molecule has 122 valence electrons. The van der Waals surface area contributed by atoms with Crippen molar-refractivity contribution < 1.29 is 9.66 Å². The number of benzene rings is 1. The minimum Gasteiger partial charge on any atom is -0.490 e. The molecule has 0 amide bonds. The highest BCUT2D eigenvalue weighted by molar-refractivity contribution is 5.64. The van der Waals surface area contributed by atoms with Gasteiger partial charge in [0.05, 0.1) is 12.0 Å². The summed E-state index contributed by atoms with van der Waals surface area (Å²) in [6, 6.07) is 4.10. The summed E-state index contributed by atoms with van der Waals surface area (Å²) in [5.41, 5.74) is 2.13. The molecular formula is C16H25N3O3. The number of nitrogens with zero attached hydrogens (tertiary/aromatic N) is 3. The lowest BCUT2D eigenvalue weighted by molar-refractivity contribution is -0.385. The van der Waals surface area contributed by atoms with Crippen molar-refractivity contribution in [3.05, 3.63) is 27.8 Å². The number of hydrogen-bond acceptors (Lipinski definition) is 5. The number of aryl methyl sites for hydroxylation is 1. The minimum absolute atomic E-state index is 0.0475. The number of anilines is 1. The maximum atomic E-state index is 11.2. The van der Waals surface area contributed by atoms with Crippen LogP contribution in [0.3, 0.4) is 0 Å². The van der Waals surface area contributed by atoms with E-state index < -0.39 is 0 Å². The van der Waals surface area contributed by atoms with E-state index in [4.69, 9.17) is 4.74 Å². The van der Waals surface area contributed by atoms with Crippen molar-refractivity contribution in [2.24, 2.45) is 0 Å². The number of nitro groups is 1. The maximum Gasteiger partial charge on any atom is 0.311 e. The zero-order valence-electron chi connectivity index (χ0n) is 13.8. The van der Waals surface area contributed by atoms with Gasteiger partial charge in [0.1, 0.15) is 0 Å². The van der Waals surface area contributed by atoms with E-state index in [9.17, 15) is 10.1 Å². The molecule has 0 unspecified atom stereocenters. The van der Waals surface area contributed by atoms with Gasteiger partial charge >= 0.3 is 5.69 Å². The molecule has 1 heterocycles. The van der Waals surface area contributed by atoms with Crippen LogP contribution >= 0.6 is 0 Å². The third-order valence-electron chi connectivity index (χ3n) is 4.49. The molecule has 6 heteroatoms. The molecule has 1 aromatic carbocycles. The second kappa shape index (κ2) is 6.96. The third kappa shape index (κ3) is 3.32. The summed E-state index contributed by atoms with van der Waals surface area (Å²) in [6.07, 6.45) is 2.98. The van der Waals surface area contributed by atoms with Crippen LogP contribution in [-0.2, 0) is 6.42 Å². The van der Waals surface area contributed by atoms with Crippen molar-refractivity contribution in [2.45, 2.75) is 32.2 Å². The fourth-order valence-electron chi connectivity index (χ4n) is 3.11. The molecule has 6 nitrogen and oxygen atoms in total. The first kappa shape index (κ1) is 16.5.